The van der Waals surface area contributed by atoms with Gasteiger partial charge < -0.3 is 19.8 Å². The largest absolute Gasteiger partial charge is 0.472 e. The molecule has 0 radical (unpaired) electrons. The first-order chi connectivity index (χ1) is 38.5. The molecule has 8 nitrogen and oxygen atoms in total. The highest BCUT2D eigenvalue weighted by molar-refractivity contribution is 7.47. The van der Waals surface area contributed by atoms with Crippen LogP contribution in [-0.4, -0.2) is 73.4 Å². The summed E-state index contributed by atoms with van der Waals surface area (Å²) in [4.78, 5) is 23.4. The van der Waals surface area contributed by atoms with Crippen molar-refractivity contribution in [1.29, 1.82) is 0 Å². The number of likely N-dealkylation sites (N-methyl/N-ethyl adjacent to an activating group) is 1. The molecule has 3 unspecified atom stereocenters. The van der Waals surface area contributed by atoms with Crippen molar-refractivity contribution < 1.29 is 32.9 Å². The number of phosphoric ester groups is 1. The standard InChI is InChI=1S/C70H123N2O6P/c1-6-8-10-12-14-16-18-20-22-24-26-28-30-32-33-34-35-36-37-38-39-40-42-44-46-48-50-52-54-56-58-60-62-64-70(74)71-68(67-78-79(75,76)77-66-65-72(3,4)5)69(73)63-61-59-57-55-53-51-49-47-45-43-41-31-29-27-25-23-21-19-17-15-13-11-9-7-2/h8,10,14,16,20,22,26,28,32-33,35-36,38-39,42,44,48,50,54,56,68-69,73H,6-7,9,11-13,15,17-19,21,23-25,27,29-31,34,37,40-41,43,45-47,49,51-53,55,57-67H2,1-5H3,(H-,71,74,75,76)/p+1/b10-8-,16-14-,22-20-,28-26-,33-32-,36-35-,39-38-,44-42-,50-48-,56-54-. The maximum absolute atomic E-state index is 13.0. The van der Waals surface area contributed by atoms with Gasteiger partial charge in [-0.25, -0.2) is 4.57 Å². The molecule has 0 aromatic carbocycles. The fourth-order valence-electron chi connectivity index (χ4n) is 8.96. The first kappa shape index (κ1) is 75.9. The average molecular weight is 1120 g/mol. The molecule has 0 aromatic rings. The summed E-state index contributed by atoms with van der Waals surface area (Å²) in [6, 6.07) is -0.795. The number of rotatable bonds is 58. The monoisotopic (exact) mass is 1120 g/mol. The third kappa shape index (κ3) is 62.4. The van der Waals surface area contributed by atoms with E-state index in [0.717, 1.165) is 96.3 Å². The molecule has 3 N–H and O–H groups in total. The number of nitrogens with zero attached hydrogens (tertiary/aromatic N) is 1. The number of quaternary nitrogens is 1. The number of carbonyl (C=O) groups excluding carboxylic acids is 1. The molecular formula is C70H124N2O6P+. The molecule has 0 saturated carbocycles. The molecule has 0 aliphatic rings. The van der Waals surface area contributed by atoms with Crippen LogP contribution in [0.5, 0.6) is 0 Å². The summed E-state index contributed by atoms with van der Waals surface area (Å²) in [7, 11) is 1.57. The summed E-state index contributed by atoms with van der Waals surface area (Å²) >= 11 is 0. The van der Waals surface area contributed by atoms with Crippen LogP contribution in [0.4, 0.5) is 0 Å². The predicted octanol–water partition coefficient (Wildman–Crippen LogP) is 20.5. The van der Waals surface area contributed by atoms with E-state index in [2.05, 4.69) is 141 Å². The number of carbonyl (C=O) groups is 1. The number of amides is 1. The van der Waals surface area contributed by atoms with Crippen molar-refractivity contribution in [3.8, 4) is 0 Å². The third-order valence-corrected chi connectivity index (χ3v) is 15.0. The molecule has 79 heavy (non-hydrogen) atoms. The maximum Gasteiger partial charge on any atom is 0.472 e. The highest BCUT2D eigenvalue weighted by Crippen LogP contribution is 2.43. The Morgan fingerprint density at radius 2 is 0.759 bits per heavy atom. The summed E-state index contributed by atoms with van der Waals surface area (Å²) < 4.78 is 23.8. The SMILES string of the molecule is CC/C=C\C/C=C\C/C=C\C/C=C\C/C=C\C/C=C\C/C=C\C/C=C\C/C=C\C/C=C\CCCCC(=O)NC(COP(=O)(O)OCC[N+](C)(C)C)C(O)CCCCCCCCCCCCCCCCCCCCCCCCCC. The van der Waals surface area contributed by atoms with Crippen LogP contribution in [-0.2, 0) is 18.4 Å². The lowest BCUT2D eigenvalue weighted by molar-refractivity contribution is -0.870. The Bertz CT molecular complexity index is 1700. The van der Waals surface area contributed by atoms with E-state index in [1.807, 2.05) is 21.1 Å². The number of phosphoric acid groups is 1. The first-order valence-electron chi connectivity index (χ1n) is 32.4. The zero-order chi connectivity index (χ0) is 57.7. The Kier molecular flexibility index (Phi) is 57.2. The van der Waals surface area contributed by atoms with E-state index in [4.69, 9.17) is 9.05 Å². The summed E-state index contributed by atoms with van der Waals surface area (Å²) in [6.45, 7) is 4.75. The van der Waals surface area contributed by atoms with Gasteiger partial charge in [0.1, 0.15) is 13.2 Å². The van der Waals surface area contributed by atoms with E-state index in [9.17, 15) is 19.4 Å². The van der Waals surface area contributed by atoms with E-state index in [-0.39, 0.29) is 19.1 Å². The number of hydrogen-bond acceptors (Lipinski definition) is 5. The second-order valence-electron chi connectivity index (χ2n) is 22.8. The fourth-order valence-corrected chi connectivity index (χ4v) is 9.69. The Morgan fingerprint density at radius 1 is 0.443 bits per heavy atom. The van der Waals surface area contributed by atoms with Gasteiger partial charge in [0, 0.05) is 6.42 Å². The van der Waals surface area contributed by atoms with Crippen molar-refractivity contribution in [3.63, 3.8) is 0 Å². The highest BCUT2D eigenvalue weighted by Gasteiger charge is 2.28. The van der Waals surface area contributed by atoms with Crippen LogP contribution in [0.1, 0.15) is 264 Å². The molecule has 9 heteroatoms. The topological polar surface area (TPSA) is 105 Å². The van der Waals surface area contributed by atoms with Crippen molar-refractivity contribution in [2.75, 3.05) is 40.9 Å². The molecule has 0 aliphatic carbocycles. The van der Waals surface area contributed by atoms with Crippen molar-refractivity contribution >= 4 is 13.7 Å². The van der Waals surface area contributed by atoms with Gasteiger partial charge in [-0.15, -0.1) is 0 Å². The smallest absolute Gasteiger partial charge is 0.391 e. The Balaban J connectivity index is 4.25. The number of unbranched alkanes of at least 4 members (excludes halogenated alkanes) is 25. The van der Waals surface area contributed by atoms with Gasteiger partial charge in [0.05, 0.1) is 39.9 Å². The summed E-state index contributed by atoms with van der Waals surface area (Å²) in [5, 5.41) is 14.1. The molecule has 0 bridgehead atoms. The van der Waals surface area contributed by atoms with Crippen LogP contribution in [0.15, 0.2) is 122 Å². The van der Waals surface area contributed by atoms with Crippen molar-refractivity contribution in [1.82, 2.24) is 5.32 Å². The van der Waals surface area contributed by atoms with E-state index in [1.54, 1.807) is 0 Å². The minimum Gasteiger partial charge on any atom is -0.391 e. The zero-order valence-corrected chi connectivity index (χ0v) is 52.7. The molecule has 0 aliphatic heterocycles. The molecule has 1 amide bonds. The van der Waals surface area contributed by atoms with Crippen LogP contribution in [0, 0.1) is 0 Å². The molecule has 0 heterocycles. The third-order valence-electron chi connectivity index (χ3n) is 14.0. The minimum atomic E-state index is -4.35. The lowest BCUT2D eigenvalue weighted by Crippen LogP contribution is -2.46. The second-order valence-corrected chi connectivity index (χ2v) is 24.2. The molecular weight excluding hydrogens is 996 g/mol. The van der Waals surface area contributed by atoms with Crippen LogP contribution >= 0.6 is 7.82 Å². The number of aliphatic hydroxyl groups excluding tert-OH is 1. The molecule has 3 atom stereocenters. The fraction of sp³-hybridized carbons (Fsp3) is 0.700. The van der Waals surface area contributed by atoms with Crippen LogP contribution in [0.25, 0.3) is 0 Å². The average Bonchev–Trinajstić information content (AvgIpc) is 3.42. The number of hydrogen-bond donors (Lipinski definition) is 3. The van der Waals surface area contributed by atoms with Crippen LogP contribution in [0.3, 0.4) is 0 Å². The number of allylic oxidation sites excluding steroid dienone is 20. The van der Waals surface area contributed by atoms with Crippen molar-refractivity contribution in [3.05, 3.63) is 122 Å². The lowest BCUT2D eigenvalue weighted by Gasteiger charge is -2.26. The molecule has 0 rings (SSSR count). The van der Waals surface area contributed by atoms with Gasteiger partial charge in [-0.3, -0.25) is 13.8 Å². The van der Waals surface area contributed by atoms with E-state index < -0.39 is 20.0 Å². The summed E-state index contributed by atoms with van der Waals surface area (Å²) in [6.07, 6.45) is 88.5. The minimum absolute atomic E-state index is 0.0597. The number of nitrogens with one attached hydrogen (secondary N) is 1. The van der Waals surface area contributed by atoms with Gasteiger partial charge in [0.2, 0.25) is 5.91 Å². The molecule has 0 aromatic heterocycles. The molecule has 0 spiro atoms. The van der Waals surface area contributed by atoms with Crippen LogP contribution in [0.2, 0.25) is 0 Å². The quantitative estimate of drug-likeness (QED) is 0.0243. The first-order valence-corrected chi connectivity index (χ1v) is 33.9. The zero-order valence-electron chi connectivity index (χ0n) is 51.8. The van der Waals surface area contributed by atoms with Gasteiger partial charge in [0.15, 0.2) is 0 Å². The van der Waals surface area contributed by atoms with E-state index >= 15 is 0 Å². The summed E-state index contributed by atoms with van der Waals surface area (Å²) in [5.41, 5.74) is 0. The van der Waals surface area contributed by atoms with Gasteiger partial charge in [-0.2, -0.15) is 0 Å². The normalized spacial score (nSPS) is 14.6. The molecule has 0 saturated heterocycles. The lowest BCUT2D eigenvalue weighted by atomic mass is 10.0. The van der Waals surface area contributed by atoms with Gasteiger partial charge in [-0.05, 0) is 89.9 Å². The van der Waals surface area contributed by atoms with Gasteiger partial charge in [0.25, 0.3) is 0 Å². The Labute approximate surface area is 488 Å². The molecule has 0 fully saturated rings. The Morgan fingerprint density at radius 3 is 1.09 bits per heavy atom. The van der Waals surface area contributed by atoms with Crippen molar-refractivity contribution in [2.24, 2.45) is 0 Å². The second kappa shape index (κ2) is 59.5. The number of aliphatic hydroxyl groups is 1. The van der Waals surface area contributed by atoms with E-state index in [1.165, 1.54) is 135 Å². The maximum atomic E-state index is 13.0. The van der Waals surface area contributed by atoms with Gasteiger partial charge >= 0.3 is 7.82 Å². The van der Waals surface area contributed by atoms with E-state index in [0.29, 0.717) is 30.3 Å². The predicted molar refractivity (Wildman–Crippen MR) is 345 cm³/mol. The van der Waals surface area contributed by atoms with Crippen molar-refractivity contribution in [2.45, 2.75) is 276 Å². The van der Waals surface area contributed by atoms with Gasteiger partial charge in [-0.1, -0.05) is 289 Å². The Hall–Kier alpha value is -3.10. The highest BCUT2D eigenvalue weighted by atomic mass is 31.2. The molecule has 454 valence electrons. The summed E-state index contributed by atoms with van der Waals surface area (Å²) in [5.74, 6) is -0.189. The van der Waals surface area contributed by atoms with Crippen LogP contribution < -0.4 is 5.32 Å².